The molecule has 0 amide bonds. The Kier molecular flexibility index (Phi) is 2.95. The highest BCUT2D eigenvalue weighted by Crippen LogP contribution is 2.13. The van der Waals surface area contributed by atoms with Gasteiger partial charge in [-0.2, -0.15) is 0 Å². The van der Waals surface area contributed by atoms with E-state index >= 15 is 0 Å². The van der Waals surface area contributed by atoms with Crippen molar-refractivity contribution in [1.29, 1.82) is 0 Å². The van der Waals surface area contributed by atoms with Crippen molar-refractivity contribution < 1.29 is 0 Å². The van der Waals surface area contributed by atoms with E-state index in [1.54, 1.807) is 0 Å². The van der Waals surface area contributed by atoms with Crippen LogP contribution in [0.1, 0.15) is 17.0 Å². The Morgan fingerprint density at radius 2 is 2.05 bits per heavy atom. The van der Waals surface area contributed by atoms with E-state index in [0.717, 1.165) is 29.9 Å². The normalized spacial score (nSPS) is 11.0. The first-order valence-corrected chi connectivity index (χ1v) is 6.49. The molecule has 0 radical (unpaired) electrons. The molecule has 96 valence electrons. The molecule has 3 nitrogen and oxygen atoms in total. The maximum absolute atomic E-state index is 5.77. The van der Waals surface area contributed by atoms with Crippen LogP contribution in [0, 0.1) is 6.92 Å². The van der Waals surface area contributed by atoms with Crippen LogP contribution >= 0.6 is 0 Å². The number of hydrogen-bond donors (Lipinski definition) is 1. The lowest BCUT2D eigenvalue weighted by Gasteiger charge is -2.03. The molecule has 3 aromatic rings. The molecule has 19 heavy (non-hydrogen) atoms. The molecule has 0 aliphatic carbocycles. The molecule has 0 fully saturated rings. The van der Waals surface area contributed by atoms with Gasteiger partial charge in [-0.05, 0) is 31.0 Å². The molecule has 3 rings (SSSR count). The summed E-state index contributed by atoms with van der Waals surface area (Å²) in [5.74, 6) is 1.08. The molecule has 0 saturated carbocycles. The number of nitrogen functional groups attached to an aromatic ring is 1. The monoisotopic (exact) mass is 251 g/mol. The first kappa shape index (κ1) is 11.8. The van der Waals surface area contributed by atoms with Crippen molar-refractivity contribution in [1.82, 2.24) is 9.38 Å². The topological polar surface area (TPSA) is 43.3 Å². The number of rotatable bonds is 3. The molecule has 0 spiro atoms. The maximum atomic E-state index is 5.77. The first-order valence-electron chi connectivity index (χ1n) is 6.49. The average Bonchev–Trinajstić information content (AvgIpc) is 2.78. The molecule has 0 atom stereocenters. The van der Waals surface area contributed by atoms with Crippen LogP contribution in [0.4, 0.5) is 5.69 Å². The van der Waals surface area contributed by atoms with Crippen LogP contribution in [0.2, 0.25) is 0 Å². The third kappa shape index (κ3) is 2.45. The molecular formula is C16H17N3. The van der Waals surface area contributed by atoms with E-state index in [1.165, 1.54) is 11.1 Å². The van der Waals surface area contributed by atoms with E-state index in [9.17, 15) is 0 Å². The van der Waals surface area contributed by atoms with Gasteiger partial charge in [-0.15, -0.1) is 0 Å². The minimum Gasteiger partial charge on any atom is -0.399 e. The molecule has 2 heterocycles. The quantitative estimate of drug-likeness (QED) is 0.777. The highest BCUT2D eigenvalue weighted by atomic mass is 15.0. The molecular weight excluding hydrogens is 234 g/mol. The van der Waals surface area contributed by atoms with Crippen LogP contribution in [0.15, 0.2) is 48.8 Å². The lowest BCUT2D eigenvalue weighted by Crippen LogP contribution is -1.98. The molecule has 3 heteroatoms. The number of nitrogens with two attached hydrogens (primary N) is 1. The van der Waals surface area contributed by atoms with Crippen LogP contribution in [-0.2, 0) is 12.8 Å². The fourth-order valence-electron chi connectivity index (χ4n) is 2.38. The van der Waals surface area contributed by atoms with Crippen LogP contribution in [-0.4, -0.2) is 9.38 Å². The molecule has 0 aliphatic heterocycles. The molecule has 0 unspecified atom stereocenters. The van der Waals surface area contributed by atoms with Crippen molar-refractivity contribution in [3.63, 3.8) is 0 Å². The number of aromatic nitrogens is 2. The number of benzene rings is 1. The van der Waals surface area contributed by atoms with E-state index in [4.69, 9.17) is 5.73 Å². The van der Waals surface area contributed by atoms with Gasteiger partial charge in [0.2, 0.25) is 0 Å². The highest BCUT2D eigenvalue weighted by molar-refractivity contribution is 5.55. The number of nitrogens with zero attached hydrogens (tertiary/aromatic N) is 2. The summed E-state index contributed by atoms with van der Waals surface area (Å²) in [5, 5.41) is 0. The zero-order valence-electron chi connectivity index (χ0n) is 11.0. The summed E-state index contributed by atoms with van der Waals surface area (Å²) in [5.41, 5.74) is 10.3. The molecule has 0 saturated heterocycles. The summed E-state index contributed by atoms with van der Waals surface area (Å²) in [6.07, 6.45) is 5.80. The zero-order chi connectivity index (χ0) is 13.2. The van der Waals surface area contributed by atoms with Crippen molar-refractivity contribution in [2.75, 3.05) is 5.73 Å². The summed E-state index contributed by atoms with van der Waals surface area (Å²) in [6, 6.07) is 12.5. The summed E-state index contributed by atoms with van der Waals surface area (Å²) < 4.78 is 2.10. The second-order valence-corrected chi connectivity index (χ2v) is 4.92. The van der Waals surface area contributed by atoms with E-state index in [-0.39, 0.29) is 0 Å². The van der Waals surface area contributed by atoms with Crippen molar-refractivity contribution >= 4 is 11.2 Å². The predicted octanol–water partition coefficient (Wildman–Crippen LogP) is 3.01. The summed E-state index contributed by atoms with van der Waals surface area (Å²) in [6.45, 7) is 2.12. The SMILES string of the molecule is Cc1cccc(CCc2ncc3cc(N)ccn23)c1. The van der Waals surface area contributed by atoms with Crippen LogP contribution in [0.3, 0.4) is 0 Å². The van der Waals surface area contributed by atoms with Crippen LogP contribution < -0.4 is 5.73 Å². The van der Waals surface area contributed by atoms with Gasteiger partial charge in [0.15, 0.2) is 0 Å². The second kappa shape index (κ2) is 4.76. The number of hydrogen-bond acceptors (Lipinski definition) is 2. The van der Waals surface area contributed by atoms with Crippen LogP contribution in [0.25, 0.3) is 5.52 Å². The Morgan fingerprint density at radius 3 is 2.89 bits per heavy atom. The lowest BCUT2D eigenvalue weighted by atomic mass is 10.1. The Labute approximate surface area is 112 Å². The fraction of sp³-hybridized carbons (Fsp3) is 0.188. The van der Waals surface area contributed by atoms with Gasteiger partial charge in [0, 0.05) is 18.3 Å². The fourth-order valence-corrected chi connectivity index (χ4v) is 2.38. The Bertz CT molecular complexity index is 713. The minimum absolute atomic E-state index is 0.776. The predicted molar refractivity (Wildman–Crippen MR) is 78.2 cm³/mol. The van der Waals surface area contributed by atoms with Gasteiger partial charge in [0.25, 0.3) is 0 Å². The van der Waals surface area contributed by atoms with Gasteiger partial charge in [0.05, 0.1) is 11.7 Å². The number of aryl methyl sites for hydroxylation is 3. The smallest absolute Gasteiger partial charge is 0.113 e. The average molecular weight is 251 g/mol. The van der Waals surface area contributed by atoms with Crippen LogP contribution in [0.5, 0.6) is 0 Å². The van der Waals surface area contributed by atoms with E-state index < -0.39 is 0 Å². The minimum atomic E-state index is 0.776. The Morgan fingerprint density at radius 1 is 1.16 bits per heavy atom. The summed E-state index contributed by atoms with van der Waals surface area (Å²) >= 11 is 0. The summed E-state index contributed by atoms with van der Waals surface area (Å²) in [7, 11) is 0. The van der Waals surface area contributed by atoms with Crippen molar-refractivity contribution in [2.45, 2.75) is 19.8 Å². The van der Waals surface area contributed by atoms with Crippen molar-refractivity contribution in [2.24, 2.45) is 0 Å². The van der Waals surface area contributed by atoms with E-state index in [2.05, 4.69) is 40.6 Å². The van der Waals surface area contributed by atoms with Gasteiger partial charge < -0.3 is 10.1 Å². The molecule has 2 N–H and O–H groups in total. The molecule has 1 aromatic carbocycles. The van der Waals surface area contributed by atoms with Crippen molar-refractivity contribution in [3.8, 4) is 0 Å². The second-order valence-electron chi connectivity index (χ2n) is 4.92. The summed E-state index contributed by atoms with van der Waals surface area (Å²) in [4.78, 5) is 4.48. The van der Waals surface area contributed by atoms with Gasteiger partial charge >= 0.3 is 0 Å². The number of anilines is 1. The molecule has 0 bridgehead atoms. The standard InChI is InChI=1S/C16H17N3/c1-12-3-2-4-13(9-12)5-6-16-18-11-15-10-14(17)7-8-19(15)16/h2-4,7-11H,5-6,17H2,1H3. The van der Waals surface area contributed by atoms with Gasteiger partial charge in [-0.25, -0.2) is 4.98 Å². The Hall–Kier alpha value is -2.29. The number of imidazole rings is 1. The lowest BCUT2D eigenvalue weighted by molar-refractivity contribution is 0.853. The van der Waals surface area contributed by atoms with E-state index in [1.807, 2.05) is 24.5 Å². The molecule has 0 aliphatic rings. The van der Waals surface area contributed by atoms with Gasteiger partial charge in [0.1, 0.15) is 5.82 Å². The molecule has 2 aromatic heterocycles. The highest BCUT2D eigenvalue weighted by Gasteiger charge is 2.04. The Balaban J connectivity index is 1.82. The van der Waals surface area contributed by atoms with Gasteiger partial charge in [-0.1, -0.05) is 29.8 Å². The first-order chi connectivity index (χ1) is 9.22. The van der Waals surface area contributed by atoms with E-state index in [0.29, 0.717) is 0 Å². The van der Waals surface area contributed by atoms with Gasteiger partial charge in [-0.3, -0.25) is 0 Å². The third-order valence-corrected chi connectivity index (χ3v) is 3.35. The maximum Gasteiger partial charge on any atom is 0.113 e. The third-order valence-electron chi connectivity index (χ3n) is 3.35. The number of pyridine rings is 1. The zero-order valence-corrected chi connectivity index (χ0v) is 11.0. The number of fused-ring (bicyclic) bond motifs is 1. The largest absolute Gasteiger partial charge is 0.399 e. The van der Waals surface area contributed by atoms with Crippen molar-refractivity contribution in [3.05, 3.63) is 65.7 Å².